The molecule has 0 fully saturated rings. The third kappa shape index (κ3) is 2.76. The normalized spacial score (nSPS) is 12.9. The van der Waals surface area contributed by atoms with Crippen molar-refractivity contribution in [3.63, 3.8) is 0 Å². The van der Waals surface area contributed by atoms with Gasteiger partial charge in [0.2, 0.25) is 0 Å². The first-order valence-corrected chi connectivity index (χ1v) is 8.22. The second-order valence-corrected chi connectivity index (χ2v) is 7.51. The molecule has 2 rings (SSSR count). The lowest BCUT2D eigenvalue weighted by Gasteiger charge is -2.14. The molecule has 2 aromatic heterocycles. The highest BCUT2D eigenvalue weighted by molar-refractivity contribution is 9.13. The Morgan fingerprint density at radius 2 is 2.19 bits per heavy atom. The standard InChI is InChI=1S/C11H11Br2NS2/c1-2-14-10(8-4-3-5-15-8)9-6-7(12)11(13)16-9/h3-6,10,14H,2H2,1H3. The van der Waals surface area contributed by atoms with Crippen LogP contribution in [0.3, 0.4) is 0 Å². The fraction of sp³-hybridized carbons (Fsp3) is 0.273. The van der Waals surface area contributed by atoms with E-state index < -0.39 is 0 Å². The van der Waals surface area contributed by atoms with Gasteiger partial charge in [-0.1, -0.05) is 13.0 Å². The monoisotopic (exact) mass is 379 g/mol. The molecule has 0 saturated heterocycles. The highest BCUT2D eigenvalue weighted by atomic mass is 79.9. The number of hydrogen-bond acceptors (Lipinski definition) is 3. The van der Waals surface area contributed by atoms with Crippen molar-refractivity contribution in [2.75, 3.05) is 6.54 Å². The summed E-state index contributed by atoms with van der Waals surface area (Å²) in [5.74, 6) is 0. The van der Waals surface area contributed by atoms with Gasteiger partial charge >= 0.3 is 0 Å². The van der Waals surface area contributed by atoms with Crippen LogP contribution in [0.25, 0.3) is 0 Å². The molecule has 5 heteroatoms. The molecule has 0 spiro atoms. The topological polar surface area (TPSA) is 12.0 Å². The first kappa shape index (κ1) is 12.8. The van der Waals surface area contributed by atoms with Gasteiger partial charge in [0.1, 0.15) is 0 Å². The van der Waals surface area contributed by atoms with E-state index >= 15 is 0 Å². The Labute approximate surface area is 120 Å². The van der Waals surface area contributed by atoms with Crippen LogP contribution in [0, 0.1) is 0 Å². The van der Waals surface area contributed by atoms with Gasteiger partial charge in [-0.25, -0.2) is 0 Å². The van der Waals surface area contributed by atoms with Gasteiger partial charge in [0.25, 0.3) is 0 Å². The van der Waals surface area contributed by atoms with E-state index in [1.165, 1.54) is 9.75 Å². The molecule has 0 aromatic carbocycles. The second-order valence-electron chi connectivity index (χ2n) is 3.28. The molecule has 0 radical (unpaired) electrons. The van der Waals surface area contributed by atoms with Gasteiger partial charge in [0.05, 0.1) is 9.83 Å². The first-order chi connectivity index (χ1) is 7.72. The predicted octanol–water partition coefficient (Wildman–Crippen LogP) is 5.03. The van der Waals surface area contributed by atoms with Crippen molar-refractivity contribution >= 4 is 54.5 Å². The van der Waals surface area contributed by atoms with Gasteiger partial charge in [-0.05, 0) is 55.9 Å². The van der Waals surface area contributed by atoms with Gasteiger partial charge in [-0.2, -0.15) is 0 Å². The molecule has 1 N–H and O–H groups in total. The highest BCUT2D eigenvalue weighted by Gasteiger charge is 2.17. The van der Waals surface area contributed by atoms with Crippen LogP contribution >= 0.6 is 54.5 Å². The maximum atomic E-state index is 3.55. The van der Waals surface area contributed by atoms with Gasteiger partial charge < -0.3 is 5.32 Å². The van der Waals surface area contributed by atoms with E-state index in [-0.39, 0.29) is 0 Å². The number of halogens is 2. The summed E-state index contributed by atoms with van der Waals surface area (Å²) >= 11 is 10.7. The smallest absolute Gasteiger partial charge is 0.0843 e. The van der Waals surface area contributed by atoms with Crippen LogP contribution in [0.5, 0.6) is 0 Å². The minimum Gasteiger partial charge on any atom is -0.305 e. The molecule has 1 unspecified atom stereocenters. The predicted molar refractivity (Wildman–Crippen MR) is 79.6 cm³/mol. The zero-order valence-electron chi connectivity index (χ0n) is 8.67. The Morgan fingerprint density at radius 1 is 1.38 bits per heavy atom. The van der Waals surface area contributed by atoms with Crippen molar-refractivity contribution in [2.45, 2.75) is 13.0 Å². The lowest BCUT2D eigenvalue weighted by Crippen LogP contribution is -2.19. The third-order valence-electron chi connectivity index (χ3n) is 2.18. The van der Waals surface area contributed by atoms with Crippen molar-refractivity contribution in [1.82, 2.24) is 5.32 Å². The number of hydrogen-bond donors (Lipinski definition) is 1. The molecular weight excluding hydrogens is 370 g/mol. The van der Waals surface area contributed by atoms with Crippen molar-refractivity contribution in [2.24, 2.45) is 0 Å². The van der Waals surface area contributed by atoms with Crippen molar-refractivity contribution in [3.8, 4) is 0 Å². The van der Waals surface area contributed by atoms with Crippen LogP contribution < -0.4 is 5.32 Å². The Morgan fingerprint density at radius 3 is 2.69 bits per heavy atom. The quantitative estimate of drug-likeness (QED) is 0.783. The zero-order valence-corrected chi connectivity index (χ0v) is 13.5. The Hall–Kier alpha value is 0.320. The van der Waals surface area contributed by atoms with Gasteiger partial charge in [0.15, 0.2) is 0 Å². The average Bonchev–Trinajstić information content (AvgIpc) is 2.86. The van der Waals surface area contributed by atoms with Crippen molar-refractivity contribution < 1.29 is 0 Å². The Bertz CT molecular complexity index is 431. The molecule has 1 atom stereocenters. The van der Waals surface area contributed by atoms with Crippen LogP contribution in [0.1, 0.15) is 22.7 Å². The zero-order chi connectivity index (χ0) is 11.5. The van der Waals surface area contributed by atoms with E-state index in [2.05, 4.69) is 67.7 Å². The maximum Gasteiger partial charge on any atom is 0.0843 e. The molecule has 2 aromatic rings. The number of thiophene rings is 2. The summed E-state index contributed by atoms with van der Waals surface area (Å²) in [6.07, 6.45) is 0. The lowest BCUT2D eigenvalue weighted by atomic mass is 10.2. The Kier molecular flexibility index (Phi) is 4.61. The van der Waals surface area contributed by atoms with E-state index in [0.29, 0.717) is 6.04 Å². The molecule has 0 bridgehead atoms. The highest BCUT2D eigenvalue weighted by Crippen LogP contribution is 2.38. The number of nitrogens with one attached hydrogen (secondary N) is 1. The lowest BCUT2D eigenvalue weighted by molar-refractivity contribution is 0.648. The molecule has 0 aliphatic carbocycles. The average molecular weight is 381 g/mol. The minimum atomic E-state index is 0.317. The van der Waals surface area contributed by atoms with Crippen LogP contribution in [-0.2, 0) is 0 Å². The van der Waals surface area contributed by atoms with Gasteiger partial charge in [-0.15, -0.1) is 22.7 Å². The summed E-state index contributed by atoms with van der Waals surface area (Å²) in [7, 11) is 0. The van der Waals surface area contributed by atoms with Crippen LogP contribution in [-0.4, -0.2) is 6.54 Å². The SMILES string of the molecule is CCNC(c1cccs1)c1cc(Br)c(Br)s1. The van der Waals surface area contributed by atoms with Crippen LogP contribution in [0.15, 0.2) is 31.8 Å². The Balaban J connectivity index is 2.32. The van der Waals surface area contributed by atoms with E-state index in [1.807, 2.05) is 0 Å². The molecule has 16 heavy (non-hydrogen) atoms. The van der Waals surface area contributed by atoms with E-state index in [0.717, 1.165) is 14.8 Å². The summed E-state index contributed by atoms with van der Waals surface area (Å²) in [5, 5.41) is 5.64. The summed E-state index contributed by atoms with van der Waals surface area (Å²) in [6, 6.07) is 6.78. The van der Waals surface area contributed by atoms with E-state index in [9.17, 15) is 0 Å². The third-order valence-corrected chi connectivity index (χ3v) is 6.44. The maximum absolute atomic E-state index is 3.55. The first-order valence-electron chi connectivity index (χ1n) is 4.94. The minimum absolute atomic E-state index is 0.317. The molecule has 0 saturated carbocycles. The molecule has 0 aliphatic heterocycles. The molecule has 1 nitrogen and oxygen atoms in total. The molecule has 2 heterocycles. The number of rotatable bonds is 4. The van der Waals surface area contributed by atoms with Gasteiger partial charge in [-0.3, -0.25) is 0 Å². The van der Waals surface area contributed by atoms with E-state index in [4.69, 9.17) is 0 Å². The summed E-state index contributed by atoms with van der Waals surface area (Å²) < 4.78 is 2.29. The van der Waals surface area contributed by atoms with Crippen molar-refractivity contribution in [3.05, 3.63) is 41.6 Å². The molecule has 86 valence electrons. The van der Waals surface area contributed by atoms with Crippen molar-refractivity contribution in [1.29, 1.82) is 0 Å². The summed E-state index contributed by atoms with van der Waals surface area (Å²) in [5.41, 5.74) is 0. The molecule has 0 amide bonds. The van der Waals surface area contributed by atoms with Crippen LogP contribution in [0.4, 0.5) is 0 Å². The largest absolute Gasteiger partial charge is 0.305 e. The molecular formula is C11H11Br2NS2. The van der Waals surface area contributed by atoms with E-state index in [1.54, 1.807) is 22.7 Å². The fourth-order valence-electron chi connectivity index (χ4n) is 1.51. The van der Waals surface area contributed by atoms with Gasteiger partial charge in [0, 0.05) is 14.2 Å². The summed E-state index contributed by atoms with van der Waals surface area (Å²) in [6.45, 7) is 3.11. The second kappa shape index (κ2) is 5.78. The summed E-state index contributed by atoms with van der Waals surface area (Å²) in [4.78, 5) is 2.70. The van der Waals surface area contributed by atoms with Crippen LogP contribution in [0.2, 0.25) is 0 Å². The molecule has 0 aliphatic rings. The fourth-order valence-corrected chi connectivity index (χ4v) is 4.58.